The molecule has 0 saturated heterocycles. The molecule has 0 fully saturated rings. The molecule has 124 valence electrons. The molecule has 0 spiro atoms. The SMILES string of the molecule is CC1=Cc2c(C3=C(C(N)=O)C=CC(C)C3=[Si](C)C)ccc(F)c2C1. The smallest absolute Gasteiger partial charge is 0.249 e. The molecule has 2 N–H and O–H groups in total. The number of allylic oxidation sites excluding steroid dienone is 3. The molecule has 2 nitrogen and oxygen atoms in total. The molecule has 2 aliphatic rings. The highest BCUT2D eigenvalue weighted by atomic mass is 28.2. The van der Waals surface area contributed by atoms with Gasteiger partial charge in [-0.1, -0.05) is 55.1 Å². The fraction of sp³-hybridized carbons (Fsp3) is 0.300. The van der Waals surface area contributed by atoms with E-state index in [1.165, 1.54) is 11.2 Å². The molecule has 0 saturated carbocycles. The lowest BCUT2D eigenvalue weighted by atomic mass is 9.83. The number of hydrogen-bond acceptors (Lipinski definition) is 1. The van der Waals surface area contributed by atoms with E-state index in [-0.39, 0.29) is 11.7 Å². The molecule has 4 heteroatoms. The third-order valence-electron chi connectivity index (χ3n) is 4.77. The molecule has 1 aromatic carbocycles. The lowest BCUT2D eigenvalue weighted by Crippen LogP contribution is -2.27. The van der Waals surface area contributed by atoms with Gasteiger partial charge >= 0.3 is 0 Å². The Morgan fingerprint density at radius 3 is 2.67 bits per heavy atom. The third kappa shape index (κ3) is 2.65. The van der Waals surface area contributed by atoms with Crippen molar-refractivity contribution in [2.45, 2.75) is 33.4 Å². The van der Waals surface area contributed by atoms with Gasteiger partial charge in [0.25, 0.3) is 0 Å². The average molecular weight is 339 g/mol. The summed E-state index contributed by atoms with van der Waals surface area (Å²) in [5.74, 6) is -0.340. The number of hydrogen-bond donors (Lipinski definition) is 1. The lowest BCUT2D eigenvalue weighted by molar-refractivity contribution is -0.114. The number of rotatable bonds is 2. The summed E-state index contributed by atoms with van der Waals surface area (Å²) < 4.78 is 14.2. The van der Waals surface area contributed by atoms with Crippen LogP contribution in [0.1, 0.15) is 30.5 Å². The Morgan fingerprint density at radius 1 is 1.33 bits per heavy atom. The molecule has 1 unspecified atom stereocenters. The minimum Gasteiger partial charge on any atom is -0.366 e. The van der Waals surface area contributed by atoms with Crippen LogP contribution >= 0.6 is 0 Å². The van der Waals surface area contributed by atoms with Crippen molar-refractivity contribution in [1.82, 2.24) is 0 Å². The van der Waals surface area contributed by atoms with Crippen LogP contribution in [0.4, 0.5) is 4.39 Å². The molecule has 0 radical (unpaired) electrons. The first-order chi connectivity index (χ1) is 11.3. The number of fused-ring (bicyclic) bond motifs is 1. The maximum atomic E-state index is 14.2. The molecule has 1 amide bonds. The van der Waals surface area contributed by atoms with Crippen molar-refractivity contribution in [3.63, 3.8) is 0 Å². The van der Waals surface area contributed by atoms with Crippen molar-refractivity contribution in [2.75, 3.05) is 0 Å². The van der Waals surface area contributed by atoms with Crippen LogP contribution in [-0.4, -0.2) is 19.5 Å². The van der Waals surface area contributed by atoms with Crippen LogP contribution in [-0.2, 0) is 11.2 Å². The predicted octanol–water partition coefficient (Wildman–Crippen LogP) is 3.74. The number of carbonyl (C=O) groups excluding carboxylic acids is 1. The molecule has 2 aliphatic carbocycles. The van der Waals surface area contributed by atoms with E-state index in [9.17, 15) is 9.18 Å². The summed E-state index contributed by atoms with van der Waals surface area (Å²) >= 11 is 0. The standard InChI is InChI=1S/C20H22FNOSi/c1-11-9-15-13(7-8-17(21)16(15)10-11)18-14(20(22)23)6-5-12(2)19(18)24(3)4/h5-9,12H,10H2,1-4H3,(H2,22,23). The van der Waals surface area contributed by atoms with Gasteiger partial charge < -0.3 is 5.73 Å². The summed E-state index contributed by atoms with van der Waals surface area (Å²) in [7, 11) is -0.800. The van der Waals surface area contributed by atoms with Gasteiger partial charge in [0.1, 0.15) is 5.82 Å². The quantitative estimate of drug-likeness (QED) is 0.820. The van der Waals surface area contributed by atoms with E-state index in [4.69, 9.17) is 5.73 Å². The largest absolute Gasteiger partial charge is 0.366 e. The second kappa shape index (κ2) is 6.09. The molecule has 0 bridgehead atoms. The molecule has 0 heterocycles. The lowest BCUT2D eigenvalue weighted by Gasteiger charge is -2.26. The summed E-state index contributed by atoms with van der Waals surface area (Å²) in [6.07, 6.45) is 6.54. The van der Waals surface area contributed by atoms with E-state index >= 15 is 0 Å². The van der Waals surface area contributed by atoms with E-state index in [0.717, 1.165) is 27.8 Å². The van der Waals surface area contributed by atoms with Crippen LogP contribution in [0.2, 0.25) is 13.1 Å². The van der Waals surface area contributed by atoms with Gasteiger partial charge in [0.15, 0.2) is 0 Å². The van der Waals surface area contributed by atoms with Crippen molar-refractivity contribution in [3.8, 4) is 0 Å². The Morgan fingerprint density at radius 2 is 2.04 bits per heavy atom. The summed E-state index contributed by atoms with van der Waals surface area (Å²) in [5, 5.41) is 1.28. The van der Waals surface area contributed by atoms with Crippen LogP contribution in [0, 0.1) is 11.7 Å². The molecule has 0 aliphatic heterocycles. The maximum absolute atomic E-state index is 14.2. The summed E-state index contributed by atoms with van der Waals surface area (Å²) in [4.78, 5) is 12.1. The highest BCUT2D eigenvalue weighted by Crippen LogP contribution is 2.37. The normalized spacial score (nSPS) is 19.5. The van der Waals surface area contributed by atoms with Crippen molar-refractivity contribution >= 4 is 31.1 Å². The minimum absolute atomic E-state index is 0.178. The second-order valence-corrected chi connectivity index (χ2v) is 9.41. The van der Waals surface area contributed by atoms with Gasteiger partial charge in [-0.2, -0.15) is 0 Å². The molecule has 3 rings (SSSR count). The first kappa shape index (κ1) is 16.8. The van der Waals surface area contributed by atoms with Gasteiger partial charge in [0.2, 0.25) is 5.91 Å². The fourth-order valence-electron chi connectivity index (χ4n) is 3.77. The maximum Gasteiger partial charge on any atom is 0.249 e. The second-order valence-electron chi connectivity index (χ2n) is 6.87. The van der Waals surface area contributed by atoms with Crippen LogP contribution in [0.25, 0.3) is 11.6 Å². The zero-order chi connectivity index (χ0) is 17.6. The summed E-state index contributed by atoms with van der Waals surface area (Å²) in [6.45, 7) is 8.60. The van der Waals surface area contributed by atoms with Gasteiger partial charge in [0.05, 0.1) is 0 Å². The number of primary amides is 1. The Hall–Kier alpha value is -2.07. The summed E-state index contributed by atoms with van der Waals surface area (Å²) in [5.41, 5.74) is 10.8. The molecular formula is C20H22FNOSi. The number of benzene rings is 1. The van der Waals surface area contributed by atoms with E-state index in [1.54, 1.807) is 6.07 Å². The number of amides is 1. The third-order valence-corrected chi connectivity index (χ3v) is 6.55. The van der Waals surface area contributed by atoms with Gasteiger partial charge in [-0.15, -0.1) is 0 Å². The Bertz CT molecular complexity index is 870. The van der Waals surface area contributed by atoms with Gasteiger partial charge in [0, 0.05) is 14.0 Å². The van der Waals surface area contributed by atoms with Gasteiger partial charge in [-0.05, 0) is 47.6 Å². The summed E-state index contributed by atoms with van der Waals surface area (Å²) in [6, 6.07) is 3.32. The highest BCUT2D eigenvalue weighted by Gasteiger charge is 2.28. The topological polar surface area (TPSA) is 43.1 Å². The van der Waals surface area contributed by atoms with Gasteiger partial charge in [-0.25, -0.2) is 4.39 Å². The molecule has 1 aromatic rings. The van der Waals surface area contributed by atoms with Crippen LogP contribution in [0.15, 0.2) is 35.4 Å². The van der Waals surface area contributed by atoms with E-state index < -0.39 is 14.3 Å². The molecule has 0 aromatic heterocycles. The average Bonchev–Trinajstić information content (AvgIpc) is 2.89. The number of halogens is 1. The first-order valence-corrected chi connectivity index (χ1v) is 10.7. The molecule has 1 atom stereocenters. The monoisotopic (exact) mass is 339 g/mol. The highest BCUT2D eigenvalue weighted by molar-refractivity contribution is 6.77. The Labute approximate surface area is 143 Å². The van der Waals surface area contributed by atoms with Crippen molar-refractivity contribution < 1.29 is 9.18 Å². The van der Waals surface area contributed by atoms with Crippen molar-refractivity contribution in [1.29, 1.82) is 0 Å². The minimum atomic E-state index is -0.800. The Balaban J connectivity index is 2.37. The van der Waals surface area contributed by atoms with Crippen LogP contribution in [0.5, 0.6) is 0 Å². The zero-order valence-corrected chi connectivity index (χ0v) is 15.5. The number of nitrogens with two attached hydrogens (primary N) is 1. The Kier molecular flexibility index (Phi) is 4.26. The van der Waals surface area contributed by atoms with Crippen molar-refractivity contribution in [2.24, 2.45) is 11.7 Å². The van der Waals surface area contributed by atoms with E-state index in [2.05, 4.69) is 20.0 Å². The number of carbonyl (C=O) groups is 1. The fourth-order valence-corrected chi connectivity index (χ4v) is 5.55. The molecular weight excluding hydrogens is 317 g/mol. The van der Waals surface area contributed by atoms with Gasteiger partial charge in [-0.3, -0.25) is 4.79 Å². The van der Waals surface area contributed by atoms with Crippen LogP contribution < -0.4 is 5.73 Å². The van der Waals surface area contributed by atoms with Crippen molar-refractivity contribution in [3.05, 3.63) is 57.9 Å². The first-order valence-electron chi connectivity index (χ1n) is 8.20. The van der Waals surface area contributed by atoms with Crippen LogP contribution in [0.3, 0.4) is 0 Å². The predicted molar refractivity (Wildman–Crippen MR) is 101 cm³/mol. The van der Waals surface area contributed by atoms with E-state index in [1.807, 2.05) is 25.2 Å². The zero-order valence-electron chi connectivity index (χ0n) is 14.5. The molecule has 24 heavy (non-hydrogen) atoms. The van der Waals surface area contributed by atoms with E-state index in [0.29, 0.717) is 12.0 Å².